The van der Waals surface area contributed by atoms with Crippen LogP contribution in [0.5, 0.6) is 0 Å². The largest absolute Gasteiger partial charge is 0.456 e. The Morgan fingerprint density at radius 3 is 2.24 bits per heavy atom. The van der Waals surface area contributed by atoms with E-state index in [0.29, 0.717) is 5.69 Å². The number of nitrogens with zero attached hydrogens (tertiary/aromatic N) is 1. The first-order valence-electron chi connectivity index (χ1n) is 7.54. The zero-order valence-electron chi connectivity index (χ0n) is 13.7. The van der Waals surface area contributed by atoms with Crippen molar-refractivity contribution in [3.05, 3.63) is 71.8 Å². The maximum Gasteiger partial charge on any atom is 0.338 e. The second-order valence-corrected chi connectivity index (χ2v) is 7.52. The molecule has 0 aliphatic heterocycles. The van der Waals surface area contributed by atoms with Crippen molar-refractivity contribution in [2.24, 2.45) is 0 Å². The Bertz CT molecular complexity index is 848. The van der Waals surface area contributed by atoms with Crippen LogP contribution in [0.1, 0.15) is 17.3 Å². The molecule has 0 N–H and O–H groups in total. The van der Waals surface area contributed by atoms with Crippen LogP contribution in [0.4, 0.5) is 5.69 Å². The molecule has 0 bridgehead atoms. The highest BCUT2D eigenvalue weighted by molar-refractivity contribution is 7.92. The number of anilines is 1. The number of hydrogen-bond donors (Lipinski definition) is 0. The molecular weight excluding hydrogens is 362 g/mol. The first-order chi connectivity index (χ1) is 11.9. The van der Waals surface area contributed by atoms with Gasteiger partial charge >= 0.3 is 5.97 Å². The summed E-state index contributed by atoms with van der Waals surface area (Å²) < 4.78 is 31.9. The maximum absolute atomic E-state index is 12.8. The summed E-state index contributed by atoms with van der Waals surface area (Å²) in [5.41, 5.74) is 0.814. The SMILES string of the molecule is C=C(Cl)COC(=O)c1ccc(S(=O)(=O)N(CC)c2ccccc2)cc1. The third-order valence-electron chi connectivity index (χ3n) is 3.37. The van der Waals surface area contributed by atoms with Gasteiger partial charge in [-0.2, -0.15) is 0 Å². The molecule has 7 heteroatoms. The first kappa shape index (κ1) is 19.0. The Labute approximate surface area is 152 Å². The Balaban J connectivity index is 2.25. The average Bonchev–Trinajstić information content (AvgIpc) is 2.61. The number of benzene rings is 2. The number of para-hydroxylation sites is 1. The van der Waals surface area contributed by atoms with Crippen LogP contribution >= 0.6 is 11.6 Å². The Hall–Kier alpha value is -2.31. The Morgan fingerprint density at radius 1 is 1.12 bits per heavy atom. The fourth-order valence-electron chi connectivity index (χ4n) is 2.20. The van der Waals surface area contributed by atoms with Crippen molar-refractivity contribution in [1.29, 1.82) is 0 Å². The molecule has 0 aromatic heterocycles. The van der Waals surface area contributed by atoms with Gasteiger partial charge in [-0.15, -0.1) is 0 Å². The Kier molecular flexibility index (Phi) is 6.22. The van der Waals surface area contributed by atoms with Crippen molar-refractivity contribution >= 4 is 33.3 Å². The lowest BCUT2D eigenvalue weighted by Crippen LogP contribution is -2.30. The van der Waals surface area contributed by atoms with E-state index in [1.807, 2.05) is 6.07 Å². The van der Waals surface area contributed by atoms with E-state index in [1.165, 1.54) is 28.6 Å². The molecule has 0 heterocycles. The van der Waals surface area contributed by atoms with Gasteiger partial charge in [-0.05, 0) is 43.3 Å². The van der Waals surface area contributed by atoms with Crippen LogP contribution < -0.4 is 4.31 Å². The smallest absolute Gasteiger partial charge is 0.338 e. The lowest BCUT2D eigenvalue weighted by Gasteiger charge is -2.22. The third kappa shape index (κ3) is 4.61. The number of ether oxygens (including phenoxy) is 1. The molecule has 0 unspecified atom stereocenters. The summed E-state index contributed by atoms with van der Waals surface area (Å²) in [5, 5.41) is 0.203. The minimum absolute atomic E-state index is 0.0940. The summed E-state index contributed by atoms with van der Waals surface area (Å²) in [6.45, 7) is 5.37. The molecule has 0 aliphatic carbocycles. The van der Waals surface area contributed by atoms with Gasteiger partial charge in [-0.3, -0.25) is 4.31 Å². The van der Waals surface area contributed by atoms with Gasteiger partial charge < -0.3 is 4.74 Å². The van der Waals surface area contributed by atoms with E-state index in [0.717, 1.165) is 0 Å². The number of carbonyl (C=O) groups is 1. The number of sulfonamides is 1. The van der Waals surface area contributed by atoms with Gasteiger partial charge in [0.2, 0.25) is 0 Å². The molecule has 0 radical (unpaired) electrons. The van der Waals surface area contributed by atoms with Gasteiger partial charge in [0.15, 0.2) is 0 Å². The number of rotatable bonds is 7. The minimum atomic E-state index is -3.73. The molecule has 0 atom stereocenters. The number of hydrogen-bond acceptors (Lipinski definition) is 4. The fourth-order valence-corrected chi connectivity index (χ4v) is 3.73. The van der Waals surface area contributed by atoms with Crippen LogP contribution in [0.25, 0.3) is 0 Å². The van der Waals surface area contributed by atoms with Crippen LogP contribution in [-0.4, -0.2) is 27.5 Å². The van der Waals surface area contributed by atoms with Crippen LogP contribution in [0.15, 0.2) is 71.1 Å². The van der Waals surface area contributed by atoms with E-state index >= 15 is 0 Å². The normalized spacial score (nSPS) is 11.0. The summed E-state index contributed by atoms with van der Waals surface area (Å²) in [6.07, 6.45) is 0. The second kappa shape index (κ2) is 8.18. The standard InChI is InChI=1S/C18H18ClNO4S/c1-3-20(16-7-5-4-6-8-16)25(22,23)17-11-9-15(10-12-17)18(21)24-13-14(2)19/h4-12H,2-3,13H2,1H3. The second-order valence-electron chi connectivity index (χ2n) is 5.12. The van der Waals surface area contributed by atoms with Crippen LogP contribution in [0.3, 0.4) is 0 Å². The molecule has 0 aliphatic rings. The van der Waals surface area contributed by atoms with E-state index in [2.05, 4.69) is 6.58 Å². The summed E-state index contributed by atoms with van der Waals surface area (Å²) in [4.78, 5) is 11.9. The molecule has 2 rings (SSSR count). The topological polar surface area (TPSA) is 63.7 Å². The highest BCUT2D eigenvalue weighted by atomic mass is 35.5. The lowest BCUT2D eigenvalue weighted by molar-refractivity contribution is 0.0546. The van der Waals surface area contributed by atoms with E-state index in [4.69, 9.17) is 16.3 Å². The number of esters is 1. The van der Waals surface area contributed by atoms with Crippen molar-refractivity contribution in [2.45, 2.75) is 11.8 Å². The molecule has 0 spiro atoms. The molecule has 2 aromatic carbocycles. The monoisotopic (exact) mass is 379 g/mol. The molecule has 5 nitrogen and oxygen atoms in total. The van der Waals surface area contributed by atoms with E-state index in [9.17, 15) is 13.2 Å². The molecule has 0 fully saturated rings. The third-order valence-corrected chi connectivity index (χ3v) is 5.40. The van der Waals surface area contributed by atoms with E-state index < -0.39 is 16.0 Å². The van der Waals surface area contributed by atoms with Crippen molar-refractivity contribution in [3.8, 4) is 0 Å². The van der Waals surface area contributed by atoms with Crippen molar-refractivity contribution in [3.63, 3.8) is 0 Å². The quantitative estimate of drug-likeness (QED) is 0.686. The van der Waals surface area contributed by atoms with E-state index in [-0.39, 0.29) is 28.6 Å². The average molecular weight is 380 g/mol. The molecule has 2 aromatic rings. The number of carbonyl (C=O) groups excluding carboxylic acids is 1. The minimum Gasteiger partial charge on any atom is -0.456 e. The molecule has 0 amide bonds. The van der Waals surface area contributed by atoms with Gasteiger partial charge in [-0.25, -0.2) is 13.2 Å². The van der Waals surface area contributed by atoms with Crippen molar-refractivity contribution < 1.29 is 17.9 Å². The van der Waals surface area contributed by atoms with Gasteiger partial charge in [0.1, 0.15) is 6.61 Å². The molecule has 0 saturated heterocycles. The zero-order valence-corrected chi connectivity index (χ0v) is 15.3. The van der Waals surface area contributed by atoms with Crippen LogP contribution in [0.2, 0.25) is 0 Å². The fraction of sp³-hybridized carbons (Fsp3) is 0.167. The van der Waals surface area contributed by atoms with Gasteiger partial charge in [0, 0.05) is 11.6 Å². The van der Waals surface area contributed by atoms with Crippen molar-refractivity contribution in [2.75, 3.05) is 17.5 Å². The highest BCUT2D eigenvalue weighted by Gasteiger charge is 2.23. The predicted molar refractivity (Wildman–Crippen MR) is 98.4 cm³/mol. The van der Waals surface area contributed by atoms with E-state index in [1.54, 1.807) is 31.2 Å². The van der Waals surface area contributed by atoms with Gasteiger partial charge in [0.05, 0.1) is 16.1 Å². The van der Waals surface area contributed by atoms with Crippen LogP contribution in [-0.2, 0) is 14.8 Å². The highest BCUT2D eigenvalue weighted by Crippen LogP contribution is 2.23. The first-order valence-corrected chi connectivity index (χ1v) is 9.36. The van der Waals surface area contributed by atoms with Crippen molar-refractivity contribution in [1.82, 2.24) is 0 Å². The Morgan fingerprint density at radius 2 is 1.72 bits per heavy atom. The molecule has 0 saturated carbocycles. The summed E-state index contributed by atoms with van der Waals surface area (Å²) in [6, 6.07) is 14.4. The predicted octanol–water partition coefficient (Wildman–Crippen LogP) is 3.81. The summed E-state index contributed by atoms with van der Waals surface area (Å²) >= 11 is 5.55. The molecule has 132 valence electrons. The summed E-state index contributed by atoms with van der Waals surface area (Å²) in [7, 11) is -3.73. The maximum atomic E-state index is 12.8. The number of halogens is 1. The molecule has 25 heavy (non-hydrogen) atoms. The zero-order chi connectivity index (χ0) is 18.4. The lowest BCUT2D eigenvalue weighted by atomic mass is 10.2. The van der Waals surface area contributed by atoms with Crippen LogP contribution in [0, 0.1) is 0 Å². The summed E-state index contributed by atoms with van der Waals surface area (Å²) in [5.74, 6) is -0.596. The van der Waals surface area contributed by atoms with Gasteiger partial charge in [0.25, 0.3) is 10.0 Å². The molecular formula is C18H18ClNO4S. The van der Waals surface area contributed by atoms with Gasteiger partial charge in [-0.1, -0.05) is 36.4 Å².